The molecule has 0 aromatic heterocycles. The maximum Gasteiger partial charge on any atom is 0.274 e. The largest absolute Gasteiger partial charge is 0.618 e. The van der Waals surface area contributed by atoms with Gasteiger partial charge in [0.05, 0.1) is 5.56 Å². The van der Waals surface area contributed by atoms with Crippen LogP contribution in [0.15, 0.2) is 51.4 Å². The Kier molecular flexibility index (Phi) is 3.03. The highest BCUT2D eigenvalue weighted by Gasteiger charge is 2.37. The van der Waals surface area contributed by atoms with E-state index in [0.29, 0.717) is 21.6 Å². The van der Waals surface area contributed by atoms with Gasteiger partial charge in [-0.15, -0.1) is 0 Å². The van der Waals surface area contributed by atoms with Crippen molar-refractivity contribution in [1.82, 2.24) is 0 Å². The summed E-state index contributed by atoms with van der Waals surface area (Å²) in [4.78, 5) is 12.4. The van der Waals surface area contributed by atoms with E-state index in [-0.39, 0.29) is 11.5 Å². The summed E-state index contributed by atoms with van der Waals surface area (Å²) in [6.45, 7) is 0. The van der Waals surface area contributed by atoms with Gasteiger partial charge in [0, 0.05) is 15.0 Å². The van der Waals surface area contributed by atoms with Crippen LogP contribution in [0.4, 0.5) is 5.69 Å². The lowest BCUT2D eigenvalue weighted by Gasteiger charge is -2.03. The summed E-state index contributed by atoms with van der Waals surface area (Å²) in [5.41, 5.74) is 1.57. The summed E-state index contributed by atoms with van der Waals surface area (Å²) >= 11 is 6.68. The number of benzene rings is 2. The molecule has 3 rings (SSSR count). The third-order valence-corrected chi connectivity index (χ3v) is 4.16. The number of carbonyl (C=O) groups is 1. The minimum atomic E-state index is -0.246. The van der Waals surface area contributed by atoms with Gasteiger partial charge in [-0.25, -0.2) is 0 Å². The molecule has 0 saturated carbocycles. The molecule has 19 heavy (non-hydrogen) atoms. The third-order valence-electron chi connectivity index (χ3n) is 2.97. The van der Waals surface area contributed by atoms with Crippen molar-refractivity contribution in [2.75, 3.05) is 0 Å². The van der Waals surface area contributed by atoms with Gasteiger partial charge >= 0.3 is 0 Å². The van der Waals surface area contributed by atoms with Crippen LogP contribution in [0.25, 0.3) is 0 Å². The molecular weight excluding hydrogens is 374 g/mol. The molecule has 1 aliphatic heterocycles. The van der Waals surface area contributed by atoms with Crippen molar-refractivity contribution >= 4 is 49.0 Å². The van der Waals surface area contributed by atoms with E-state index in [1.807, 2.05) is 12.1 Å². The van der Waals surface area contributed by atoms with E-state index in [1.165, 1.54) is 0 Å². The lowest BCUT2D eigenvalue weighted by atomic mass is 10.0. The second-order valence-electron chi connectivity index (χ2n) is 4.11. The molecular formula is C14H7Br2NO2. The van der Waals surface area contributed by atoms with Crippen LogP contribution in [0.5, 0.6) is 0 Å². The average molecular weight is 381 g/mol. The third kappa shape index (κ3) is 1.93. The van der Waals surface area contributed by atoms with Crippen molar-refractivity contribution in [3.05, 3.63) is 67.7 Å². The van der Waals surface area contributed by atoms with E-state index in [4.69, 9.17) is 0 Å². The molecule has 3 nitrogen and oxygen atoms in total. The first-order valence-electron chi connectivity index (χ1n) is 5.53. The Morgan fingerprint density at radius 2 is 1.74 bits per heavy atom. The van der Waals surface area contributed by atoms with E-state index >= 15 is 0 Å². The maximum atomic E-state index is 12.4. The zero-order chi connectivity index (χ0) is 13.6. The maximum absolute atomic E-state index is 12.4. The van der Waals surface area contributed by atoms with Crippen molar-refractivity contribution in [2.24, 2.45) is 0 Å². The summed E-state index contributed by atoms with van der Waals surface area (Å²) in [5.74, 6) is -0.246. The highest BCUT2D eigenvalue weighted by molar-refractivity contribution is 9.10. The Morgan fingerprint density at radius 3 is 2.47 bits per heavy atom. The first kappa shape index (κ1) is 12.6. The fourth-order valence-corrected chi connectivity index (χ4v) is 2.91. The first-order chi connectivity index (χ1) is 9.09. The number of hydrogen-bond acceptors (Lipinski definition) is 2. The van der Waals surface area contributed by atoms with E-state index in [2.05, 4.69) is 31.9 Å². The van der Waals surface area contributed by atoms with Gasteiger partial charge in [-0.3, -0.25) is 4.79 Å². The fourth-order valence-electron chi connectivity index (χ4n) is 2.09. The minimum Gasteiger partial charge on any atom is -0.618 e. The van der Waals surface area contributed by atoms with Crippen molar-refractivity contribution in [3.63, 3.8) is 0 Å². The van der Waals surface area contributed by atoms with Crippen molar-refractivity contribution in [1.29, 1.82) is 0 Å². The Labute approximate surface area is 126 Å². The molecule has 0 spiro atoms. The summed E-state index contributed by atoms with van der Waals surface area (Å²) < 4.78 is 2.20. The molecule has 1 heterocycles. The van der Waals surface area contributed by atoms with Crippen LogP contribution in [0.2, 0.25) is 0 Å². The number of halogens is 2. The second-order valence-corrected chi connectivity index (χ2v) is 5.88. The van der Waals surface area contributed by atoms with Crippen LogP contribution in [0.3, 0.4) is 0 Å². The molecule has 0 amide bonds. The van der Waals surface area contributed by atoms with Gasteiger partial charge in [-0.05, 0) is 40.2 Å². The van der Waals surface area contributed by atoms with Crippen LogP contribution >= 0.6 is 31.9 Å². The van der Waals surface area contributed by atoms with E-state index < -0.39 is 0 Å². The monoisotopic (exact) mass is 379 g/mol. The number of nitrogens with zero attached hydrogens (tertiary/aromatic N) is 1. The van der Waals surface area contributed by atoms with E-state index in [9.17, 15) is 10.0 Å². The summed E-state index contributed by atoms with van der Waals surface area (Å²) in [5, 5.41) is 12.3. The van der Waals surface area contributed by atoms with Crippen molar-refractivity contribution in [2.45, 2.75) is 0 Å². The number of ketones is 1. The number of carbonyl (C=O) groups excluding carboxylic acids is 1. The standard InChI is InChI=1S/C14H7Br2NO2/c15-8-5-6-10-12(7-8)17(19)13(14(10)18)9-3-1-2-4-11(9)16/h1-7H. The van der Waals surface area contributed by atoms with Crippen molar-refractivity contribution < 1.29 is 9.53 Å². The van der Waals surface area contributed by atoms with Gasteiger partial charge in [-0.2, -0.15) is 4.74 Å². The number of Topliss-reactive ketones (excluding diaryl/α,β-unsaturated/α-hetero) is 1. The van der Waals surface area contributed by atoms with Crippen LogP contribution < -0.4 is 0 Å². The molecule has 5 heteroatoms. The number of rotatable bonds is 1. The topological polar surface area (TPSA) is 43.1 Å². The predicted octanol–water partition coefficient (Wildman–Crippen LogP) is 4.04. The van der Waals surface area contributed by atoms with Crippen LogP contribution in [-0.4, -0.2) is 16.2 Å². The molecule has 2 aromatic carbocycles. The van der Waals surface area contributed by atoms with Crippen molar-refractivity contribution in [3.8, 4) is 0 Å². The minimum absolute atomic E-state index is 0.153. The highest BCUT2D eigenvalue weighted by atomic mass is 79.9. The van der Waals surface area contributed by atoms with Crippen LogP contribution in [-0.2, 0) is 0 Å². The van der Waals surface area contributed by atoms with Gasteiger partial charge < -0.3 is 5.21 Å². The van der Waals surface area contributed by atoms with Gasteiger partial charge in [0.15, 0.2) is 0 Å². The lowest BCUT2D eigenvalue weighted by Crippen LogP contribution is -2.17. The van der Waals surface area contributed by atoms with Gasteiger partial charge in [-0.1, -0.05) is 28.1 Å². The second kappa shape index (κ2) is 4.58. The zero-order valence-electron chi connectivity index (χ0n) is 9.56. The first-order valence-corrected chi connectivity index (χ1v) is 7.11. The summed E-state index contributed by atoms with van der Waals surface area (Å²) in [6.07, 6.45) is 0. The Bertz CT molecular complexity index is 738. The predicted molar refractivity (Wildman–Crippen MR) is 80.0 cm³/mol. The fraction of sp³-hybridized carbons (Fsp3) is 0. The van der Waals surface area contributed by atoms with E-state index in [1.54, 1.807) is 30.3 Å². The van der Waals surface area contributed by atoms with Gasteiger partial charge in [0.1, 0.15) is 5.56 Å². The zero-order valence-corrected chi connectivity index (χ0v) is 12.7. The normalized spacial score (nSPS) is 13.9. The molecule has 0 radical (unpaired) electrons. The Hall–Kier alpha value is -1.46. The molecule has 0 atom stereocenters. The highest BCUT2D eigenvalue weighted by Crippen LogP contribution is 2.32. The molecule has 94 valence electrons. The molecule has 0 aliphatic carbocycles. The molecule has 1 aliphatic rings. The summed E-state index contributed by atoms with van der Waals surface area (Å²) in [7, 11) is 0. The Balaban J connectivity index is 2.25. The lowest BCUT2D eigenvalue weighted by molar-refractivity contribution is -0.355. The smallest absolute Gasteiger partial charge is 0.274 e. The molecule has 0 fully saturated rings. The van der Waals surface area contributed by atoms with Gasteiger partial charge in [0.25, 0.3) is 11.5 Å². The molecule has 0 bridgehead atoms. The number of fused-ring (bicyclic) bond motifs is 1. The van der Waals surface area contributed by atoms with Crippen LogP contribution in [0.1, 0.15) is 15.9 Å². The van der Waals surface area contributed by atoms with Gasteiger partial charge in [0.2, 0.25) is 5.69 Å². The molecule has 0 N–H and O–H groups in total. The summed E-state index contributed by atoms with van der Waals surface area (Å²) in [6, 6.07) is 12.3. The average Bonchev–Trinajstić information content (AvgIpc) is 2.63. The molecule has 2 aromatic rings. The SMILES string of the molecule is O=C1C(c2ccccc2Br)=[N+]([O-])c2cc(Br)ccc21. The molecule has 0 saturated heterocycles. The van der Waals surface area contributed by atoms with Crippen LogP contribution in [0, 0.1) is 5.21 Å². The molecule has 0 unspecified atom stereocenters. The van der Waals surface area contributed by atoms with E-state index in [0.717, 1.165) is 8.95 Å². The quantitative estimate of drug-likeness (QED) is 0.553. The Morgan fingerprint density at radius 1 is 1.00 bits per heavy atom. The number of hydrogen-bond donors (Lipinski definition) is 0.